The number of nitrogens with two attached hydrogens (primary N) is 2. The minimum absolute atomic E-state index is 0.162. The molecule has 8 N–H and O–H groups in total. The van der Waals surface area contributed by atoms with Gasteiger partial charge in [0.15, 0.2) is 0 Å². The second-order valence-electron chi connectivity index (χ2n) is 11.1. The predicted molar refractivity (Wildman–Crippen MR) is 186 cm³/mol. The molecular formula is C34H44N10O2. The number of aryl methyl sites for hydroxylation is 2. The van der Waals surface area contributed by atoms with Crippen molar-refractivity contribution in [3.8, 4) is 0 Å². The van der Waals surface area contributed by atoms with Crippen LogP contribution in [0.2, 0.25) is 0 Å². The third-order valence-electron chi connectivity index (χ3n) is 7.23. The van der Waals surface area contributed by atoms with E-state index >= 15 is 0 Å². The Morgan fingerprint density at radius 3 is 1.28 bits per heavy atom. The zero-order chi connectivity index (χ0) is 32.4. The van der Waals surface area contributed by atoms with Gasteiger partial charge in [-0.25, -0.2) is 9.97 Å². The summed E-state index contributed by atoms with van der Waals surface area (Å²) in [6.07, 6.45) is 12.7. The third-order valence-corrected chi connectivity index (χ3v) is 7.23. The number of aromatic amines is 2. The summed E-state index contributed by atoms with van der Waals surface area (Å²) in [5, 5.41) is 5.97. The third kappa shape index (κ3) is 12.8. The molecule has 0 unspecified atom stereocenters. The Morgan fingerprint density at radius 1 is 0.565 bits per heavy atom. The second kappa shape index (κ2) is 18.5. The normalized spacial score (nSPS) is 11.8. The summed E-state index contributed by atoms with van der Waals surface area (Å²) in [6, 6.07) is 22.0. The van der Waals surface area contributed by atoms with E-state index in [1.54, 1.807) is 0 Å². The molecule has 12 nitrogen and oxygen atoms in total. The van der Waals surface area contributed by atoms with Crippen LogP contribution >= 0.6 is 0 Å². The highest BCUT2D eigenvalue weighted by molar-refractivity contribution is 5.94. The molecular weight excluding hydrogens is 580 g/mol. The monoisotopic (exact) mass is 624 g/mol. The molecule has 12 heteroatoms. The van der Waals surface area contributed by atoms with Gasteiger partial charge in [0.25, 0.3) is 11.1 Å². The molecule has 0 fully saturated rings. The molecule has 0 atom stereocenters. The smallest absolute Gasteiger partial charge is 0.252 e. The zero-order valence-corrected chi connectivity index (χ0v) is 26.2. The van der Waals surface area contributed by atoms with E-state index in [-0.39, 0.29) is 34.9 Å². The van der Waals surface area contributed by atoms with E-state index in [0.717, 1.165) is 74.1 Å². The minimum atomic E-state index is -0.235. The number of nitrogens with zero attached hydrogens (tertiary/aromatic N) is 4. The predicted octanol–water partition coefficient (Wildman–Crippen LogP) is 5.66. The first-order chi connectivity index (χ1) is 22.4. The van der Waals surface area contributed by atoms with Crippen LogP contribution in [-0.2, 0) is 12.8 Å². The molecule has 242 valence electrons. The SMILES string of the molecule is N/C(=N/c1nc(CCCCCCCCCCCCc2cc(=O)[nH]c(/N=C(/N)Nc3ccccc3)n2)cc(=O)[nH]1)Nc1ccccc1. The number of para-hydroxylation sites is 2. The van der Waals surface area contributed by atoms with Gasteiger partial charge in [0.05, 0.1) is 0 Å². The van der Waals surface area contributed by atoms with Gasteiger partial charge in [0, 0.05) is 34.9 Å². The topological polar surface area (TPSA) is 192 Å². The Bertz CT molecular complexity index is 1540. The van der Waals surface area contributed by atoms with Gasteiger partial charge >= 0.3 is 0 Å². The molecule has 2 heterocycles. The van der Waals surface area contributed by atoms with Crippen LogP contribution in [0.3, 0.4) is 0 Å². The van der Waals surface area contributed by atoms with Gasteiger partial charge in [-0.1, -0.05) is 87.8 Å². The molecule has 4 rings (SSSR count). The standard InChI is InChI=1S/C34H44N10O2/c35-31(37-25-17-13-9-14-18-25)43-33-39-27(23-29(45)41-33)21-11-7-5-3-1-2-4-6-8-12-22-28-24-30(46)42-34(40-28)44-32(36)38-26-19-15-10-16-20-26/h9-10,13-20,23-24H,1-8,11-12,21-22H2,(H4,35,37,39,41,43,45)(H4,36,38,40,42,44,46). The number of unbranched alkanes of at least 4 members (excludes halogenated alkanes) is 9. The quantitative estimate of drug-likeness (QED) is 0.0492. The maximum absolute atomic E-state index is 12.1. The highest BCUT2D eigenvalue weighted by Crippen LogP contribution is 2.14. The second-order valence-corrected chi connectivity index (χ2v) is 11.1. The molecule has 0 amide bonds. The van der Waals surface area contributed by atoms with Gasteiger partial charge < -0.3 is 22.1 Å². The number of guanidine groups is 2. The summed E-state index contributed by atoms with van der Waals surface area (Å²) in [4.78, 5) is 46.8. The fourth-order valence-corrected chi connectivity index (χ4v) is 5.00. The molecule has 2 aromatic carbocycles. The molecule has 0 radical (unpaired) electrons. The number of aliphatic imine (C=N–C) groups is 2. The van der Waals surface area contributed by atoms with Crippen LogP contribution < -0.4 is 33.2 Å². The van der Waals surface area contributed by atoms with Crippen LogP contribution in [0.25, 0.3) is 0 Å². The first-order valence-corrected chi connectivity index (χ1v) is 16.0. The molecule has 46 heavy (non-hydrogen) atoms. The van der Waals surface area contributed by atoms with Crippen molar-refractivity contribution < 1.29 is 0 Å². The fraction of sp³-hybridized carbons (Fsp3) is 0.353. The molecule has 0 aliphatic carbocycles. The summed E-state index contributed by atoms with van der Waals surface area (Å²) in [5.41, 5.74) is 14.5. The van der Waals surface area contributed by atoms with Gasteiger partial charge in [-0.3, -0.25) is 19.6 Å². The van der Waals surface area contributed by atoms with E-state index in [2.05, 4.69) is 40.6 Å². The van der Waals surface area contributed by atoms with E-state index < -0.39 is 0 Å². The number of rotatable bonds is 17. The number of hydrogen-bond acceptors (Lipinski definition) is 6. The van der Waals surface area contributed by atoms with Crippen molar-refractivity contribution in [1.82, 2.24) is 19.9 Å². The van der Waals surface area contributed by atoms with Crippen LogP contribution in [-0.4, -0.2) is 31.9 Å². The highest BCUT2D eigenvalue weighted by Gasteiger charge is 2.05. The summed E-state index contributed by atoms with van der Waals surface area (Å²) in [7, 11) is 0. The maximum atomic E-state index is 12.1. The lowest BCUT2D eigenvalue weighted by atomic mass is 10.0. The molecule has 0 saturated heterocycles. The Labute approximate surface area is 268 Å². The number of hydrogen-bond donors (Lipinski definition) is 6. The Balaban J connectivity index is 1.05. The van der Waals surface area contributed by atoms with Crippen molar-refractivity contribution in [3.05, 3.63) is 105 Å². The summed E-state index contributed by atoms with van der Waals surface area (Å²) < 4.78 is 0. The van der Waals surface area contributed by atoms with Gasteiger partial charge in [0.1, 0.15) is 0 Å². The van der Waals surface area contributed by atoms with Gasteiger partial charge in [-0.05, 0) is 49.9 Å². The lowest BCUT2D eigenvalue weighted by Gasteiger charge is -2.06. The van der Waals surface area contributed by atoms with E-state index in [0.29, 0.717) is 0 Å². The number of aromatic nitrogens is 4. The van der Waals surface area contributed by atoms with E-state index in [1.807, 2.05) is 60.7 Å². The van der Waals surface area contributed by atoms with Gasteiger partial charge in [0.2, 0.25) is 23.8 Å². The van der Waals surface area contributed by atoms with Crippen molar-refractivity contribution in [2.75, 3.05) is 10.6 Å². The minimum Gasteiger partial charge on any atom is -0.369 e. The fourth-order valence-electron chi connectivity index (χ4n) is 5.00. The highest BCUT2D eigenvalue weighted by atomic mass is 16.1. The first kappa shape index (κ1) is 33.6. The van der Waals surface area contributed by atoms with Gasteiger partial charge in [-0.15, -0.1) is 0 Å². The number of nitrogens with one attached hydrogen (secondary N) is 4. The van der Waals surface area contributed by atoms with E-state index in [9.17, 15) is 9.59 Å². The van der Waals surface area contributed by atoms with Crippen molar-refractivity contribution in [1.29, 1.82) is 0 Å². The Hall–Kier alpha value is -5.26. The molecule has 4 aromatic rings. The number of anilines is 2. The zero-order valence-electron chi connectivity index (χ0n) is 26.2. The molecule has 0 spiro atoms. The lowest BCUT2D eigenvalue weighted by Crippen LogP contribution is -2.22. The summed E-state index contributed by atoms with van der Waals surface area (Å²) in [6.45, 7) is 0. The van der Waals surface area contributed by atoms with E-state index in [1.165, 1.54) is 37.8 Å². The lowest BCUT2D eigenvalue weighted by molar-refractivity contribution is 0.549. The van der Waals surface area contributed by atoms with Crippen LogP contribution in [0.5, 0.6) is 0 Å². The molecule has 0 bridgehead atoms. The number of H-pyrrole nitrogens is 2. The molecule has 0 aliphatic heterocycles. The molecule has 2 aromatic heterocycles. The maximum Gasteiger partial charge on any atom is 0.252 e. The first-order valence-electron chi connectivity index (χ1n) is 16.0. The van der Waals surface area contributed by atoms with E-state index in [4.69, 9.17) is 11.5 Å². The average Bonchev–Trinajstić information content (AvgIpc) is 3.02. The van der Waals surface area contributed by atoms with Crippen molar-refractivity contribution in [2.24, 2.45) is 21.5 Å². The van der Waals surface area contributed by atoms with Crippen molar-refractivity contribution in [2.45, 2.75) is 77.0 Å². The Kier molecular flexibility index (Phi) is 13.5. The summed E-state index contributed by atoms with van der Waals surface area (Å²) in [5.74, 6) is 0.728. The summed E-state index contributed by atoms with van der Waals surface area (Å²) >= 11 is 0. The van der Waals surface area contributed by atoms with Crippen LogP contribution in [0.4, 0.5) is 23.3 Å². The Morgan fingerprint density at radius 2 is 0.913 bits per heavy atom. The van der Waals surface area contributed by atoms with Crippen molar-refractivity contribution >= 4 is 35.2 Å². The van der Waals surface area contributed by atoms with Crippen LogP contribution in [0.15, 0.2) is 92.4 Å². The number of benzene rings is 2. The molecule has 0 saturated carbocycles. The average molecular weight is 625 g/mol. The molecule has 0 aliphatic rings. The largest absolute Gasteiger partial charge is 0.369 e. The van der Waals surface area contributed by atoms with Crippen LogP contribution in [0, 0.1) is 0 Å². The van der Waals surface area contributed by atoms with Crippen LogP contribution in [0.1, 0.15) is 75.6 Å². The van der Waals surface area contributed by atoms with Crippen molar-refractivity contribution in [3.63, 3.8) is 0 Å². The van der Waals surface area contributed by atoms with Gasteiger partial charge in [-0.2, -0.15) is 9.98 Å².